The second-order valence-electron chi connectivity index (χ2n) is 8.66. The standard InChI is InChI=1S/C24H40N6O4S/c1-3-15(2)20(21(27)31)30-23(33)18(11-7-8-12-25)28-24(34)19(29-22(32)17(26)14-35)13-16-9-5-4-6-10-16/h4-6,9-10,15,17-20,35H,3,7-8,11-14,25-26H2,1-2H3,(H2,27,31)(H,28,34)(H,29,32)(H,30,33)/t15-,17-,18-,19-,20-/m0/s1. The minimum absolute atomic E-state index is 0.111. The highest BCUT2D eigenvalue weighted by molar-refractivity contribution is 7.80. The average Bonchev–Trinajstić information content (AvgIpc) is 2.85. The van der Waals surface area contributed by atoms with E-state index < -0.39 is 47.8 Å². The number of benzene rings is 1. The van der Waals surface area contributed by atoms with Crippen LogP contribution in [0.15, 0.2) is 30.3 Å². The molecule has 5 atom stereocenters. The first-order valence-corrected chi connectivity index (χ1v) is 12.6. The second kappa shape index (κ2) is 16.1. The van der Waals surface area contributed by atoms with Gasteiger partial charge in [-0.25, -0.2) is 0 Å². The number of amides is 4. The van der Waals surface area contributed by atoms with Gasteiger partial charge in [-0.05, 0) is 37.3 Å². The van der Waals surface area contributed by atoms with Gasteiger partial charge >= 0.3 is 0 Å². The Balaban J connectivity index is 3.09. The third-order valence-electron chi connectivity index (χ3n) is 5.85. The van der Waals surface area contributed by atoms with Crippen molar-refractivity contribution < 1.29 is 19.2 Å². The quantitative estimate of drug-likeness (QED) is 0.118. The molecule has 1 rings (SSSR count). The van der Waals surface area contributed by atoms with Crippen LogP contribution in [-0.4, -0.2) is 60.1 Å². The van der Waals surface area contributed by atoms with Crippen LogP contribution in [0.5, 0.6) is 0 Å². The molecule has 11 heteroatoms. The number of thiol groups is 1. The Morgan fingerprint density at radius 1 is 0.943 bits per heavy atom. The molecule has 0 aliphatic rings. The van der Waals surface area contributed by atoms with Gasteiger partial charge in [0.25, 0.3) is 0 Å². The predicted molar refractivity (Wildman–Crippen MR) is 139 cm³/mol. The zero-order valence-corrected chi connectivity index (χ0v) is 21.4. The summed E-state index contributed by atoms with van der Waals surface area (Å²) in [5.74, 6) is -2.29. The molecule has 196 valence electrons. The first-order valence-electron chi connectivity index (χ1n) is 11.9. The van der Waals surface area contributed by atoms with Crippen LogP contribution >= 0.6 is 12.6 Å². The third kappa shape index (κ3) is 10.7. The molecule has 0 aliphatic heterocycles. The number of unbranched alkanes of at least 4 members (excludes halogenated alkanes) is 1. The van der Waals surface area contributed by atoms with E-state index in [1.165, 1.54) is 0 Å². The van der Waals surface area contributed by atoms with Crippen LogP contribution in [0.1, 0.15) is 45.1 Å². The fourth-order valence-electron chi connectivity index (χ4n) is 3.44. The van der Waals surface area contributed by atoms with Crippen molar-refractivity contribution >= 4 is 36.3 Å². The topological polar surface area (TPSA) is 182 Å². The number of carbonyl (C=O) groups is 4. The second-order valence-corrected chi connectivity index (χ2v) is 9.02. The summed E-state index contributed by atoms with van der Waals surface area (Å²) >= 11 is 4.04. The number of nitrogens with two attached hydrogens (primary N) is 3. The van der Waals surface area contributed by atoms with Gasteiger partial charge in [0.1, 0.15) is 18.1 Å². The van der Waals surface area contributed by atoms with Gasteiger partial charge in [0.05, 0.1) is 6.04 Å². The first-order chi connectivity index (χ1) is 16.6. The van der Waals surface area contributed by atoms with Crippen molar-refractivity contribution in [1.82, 2.24) is 16.0 Å². The molecule has 10 nitrogen and oxygen atoms in total. The molecule has 1 aromatic rings. The van der Waals surface area contributed by atoms with E-state index in [0.29, 0.717) is 32.2 Å². The maximum absolute atomic E-state index is 13.3. The molecule has 0 saturated heterocycles. The van der Waals surface area contributed by atoms with Gasteiger partial charge in [-0.1, -0.05) is 50.6 Å². The number of primary amides is 1. The molecule has 9 N–H and O–H groups in total. The van der Waals surface area contributed by atoms with Crippen LogP contribution in [0.3, 0.4) is 0 Å². The van der Waals surface area contributed by atoms with Crippen LogP contribution in [0.2, 0.25) is 0 Å². The van der Waals surface area contributed by atoms with Crippen LogP contribution in [0, 0.1) is 5.92 Å². The lowest BCUT2D eigenvalue weighted by Crippen LogP contribution is -2.58. The predicted octanol–water partition coefficient (Wildman–Crippen LogP) is -0.399. The lowest BCUT2D eigenvalue weighted by atomic mass is 9.97. The molecule has 35 heavy (non-hydrogen) atoms. The summed E-state index contributed by atoms with van der Waals surface area (Å²) in [6.07, 6.45) is 2.38. The Morgan fingerprint density at radius 3 is 2.09 bits per heavy atom. The molecule has 0 radical (unpaired) electrons. The number of carbonyl (C=O) groups excluding carboxylic acids is 4. The Kier molecular flexibility index (Phi) is 14.0. The van der Waals surface area contributed by atoms with E-state index in [0.717, 1.165) is 5.56 Å². The van der Waals surface area contributed by atoms with Gasteiger partial charge in [-0.2, -0.15) is 12.6 Å². The Hall–Kier alpha value is -2.63. The number of hydrogen-bond acceptors (Lipinski definition) is 7. The molecule has 0 bridgehead atoms. The zero-order valence-electron chi connectivity index (χ0n) is 20.5. The number of nitrogens with one attached hydrogen (secondary N) is 3. The molecular formula is C24H40N6O4S. The zero-order chi connectivity index (χ0) is 26.4. The minimum atomic E-state index is -0.970. The molecule has 0 spiro atoms. The maximum atomic E-state index is 13.3. The van der Waals surface area contributed by atoms with Gasteiger partial charge in [-0.15, -0.1) is 0 Å². The van der Waals surface area contributed by atoms with E-state index in [1.807, 2.05) is 44.2 Å². The summed E-state index contributed by atoms with van der Waals surface area (Å²) in [5.41, 5.74) is 17.7. The van der Waals surface area contributed by atoms with Crippen LogP contribution in [0.4, 0.5) is 0 Å². The molecule has 1 aromatic carbocycles. The lowest BCUT2D eigenvalue weighted by Gasteiger charge is -2.27. The monoisotopic (exact) mass is 508 g/mol. The van der Waals surface area contributed by atoms with Crippen LogP contribution < -0.4 is 33.2 Å². The summed E-state index contributed by atoms with van der Waals surface area (Å²) in [7, 11) is 0. The highest BCUT2D eigenvalue weighted by atomic mass is 32.1. The fourth-order valence-corrected chi connectivity index (χ4v) is 3.60. The van der Waals surface area contributed by atoms with Crippen molar-refractivity contribution in [3.05, 3.63) is 35.9 Å². The third-order valence-corrected chi connectivity index (χ3v) is 6.24. The smallest absolute Gasteiger partial charge is 0.243 e. The Labute approximate surface area is 212 Å². The summed E-state index contributed by atoms with van der Waals surface area (Å²) in [6, 6.07) is 5.50. The molecule has 0 aromatic heterocycles. The Bertz CT molecular complexity index is 825. The van der Waals surface area contributed by atoms with Crippen LogP contribution in [-0.2, 0) is 25.6 Å². The van der Waals surface area contributed by atoms with Crippen LogP contribution in [0.25, 0.3) is 0 Å². The molecule has 0 fully saturated rings. The van der Waals surface area contributed by atoms with Crippen molar-refractivity contribution in [1.29, 1.82) is 0 Å². The first kappa shape index (κ1) is 30.4. The summed E-state index contributed by atoms with van der Waals surface area (Å²) in [5, 5.41) is 8.08. The average molecular weight is 509 g/mol. The van der Waals surface area contributed by atoms with Gasteiger partial charge in [0, 0.05) is 12.2 Å². The van der Waals surface area contributed by atoms with E-state index in [2.05, 4.69) is 28.6 Å². The molecular weight excluding hydrogens is 468 g/mol. The Morgan fingerprint density at radius 2 is 1.54 bits per heavy atom. The van der Waals surface area contributed by atoms with E-state index >= 15 is 0 Å². The van der Waals surface area contributed by atoms with Crippen molar-refractivity contribution in [2.45, 2.75) is 70.1 Å². The highest BCUT2D eigenvalue weighted by Crippen LogP contribution is 2.10. The number of rotatable bonds is 16. The van der Waals surface area contributed by atoms with E-state index in [4.69, 9.17) is 17.2 Å². The molecule has 4 amide bonds. The van der Waals surface area contributed by atoms with Crippen molar-refractivity contribution in [3.63, 3.8) is 0 Å². The van der Waals surface area contributed by atoms with E-state index in [-0.39, 0.29) is 18.1 Å². The normalized spacial score (nSPS) is 15.2. The molecule has 0 heterocycles. The summed E-state index contributed by atoms with van der Waals surface area (Å²) in [4.78, 5) is 50.7. The fraction of sp³-hybridized carbons (Fsp3) is 0.583. The van der Waals surface area contributed by atoms with Gasteiger partial charge in [0.15, 0.2) is 0 Å². The van der Waals surface area contributed by atoms with E-state index in [1.54, 1.807) is 0 Å². The SMILES string of the molecule is CC[C@H](C)[C@H](NC(=O)[C@H](CCCCN)NC(=O)[C@H](Cc1ccccc1)NC(=O)[C@@H](N)CS)C(N)=O. The number of hydrogen-bond donors (Lipinski definition) is 7. The molecule has 0 unspecified atom stereocenters. The highest BCUT2D eigenvalue weighted by Gasteiger charge is 2.31. The largest absolute Gasteiger partial charge is 0.368 e. The van der Waals surface area contributed by atoms with Gasteiger partial charge in [-0.3, -0.25) is 19.2 Å². The van der Waals surface area contributed by atoms with Crippen molar-refractivity contribution in [2.24, 2.45) is 23.1 Å². The van der Waals surface area contributed by atoms with Gasteiger partial charge in [0.2, 0.25) is 23.6 Å². The minimum Gasteiger partial charge on any atom is -0.368 e. The molecule has 0 aliphatic carbocycles. The van der Waals surface area contributed by atoms with Crippen molar-refractivity contribution in [3.8, 4) is 0 Å². The van der Waals surface area contributed by atoms with E-state index in [9.17, 15) is 19.2 Å². The maximum Gasteiger partial charge on any atom is 0.243 e. The van der Waals surface area contributed by atoms with Gasteiger partial charge < -0.3 is 33.2 Å². The molecule has 0 saturated carbocycles. The lowest BCUT2D eigenvalue weighted by molar-refractivity contribution is -0.134. The van der Waals surface area contributed by atoms with Crippen molar-refractivity contribution in [2.75, 3.05) is 12.3 Å². The summed E-state index contributed by atoms with van der Waals surface area (Å²) in [6.45, 7) is 4.14. The summed E-state index contributed by atoms with van der Waals surface area (Å²) < 4.78 is 0.